The number of nitrogens with zero attached hydrogens (tertiary/aromatic N) is 5. The Morgan fingerprint density at radius 3 is 2.60 bits per heavy atom. The molecule has 3 heterocycles. The number of benzene rings is 1. The van der Waals surface area contributed by atoms with Crippen LogP contribution in [0, 0.1) is 0 Å². The van der Waals surface area contributed by atoms with Crippen LogP contribution in [0.4, 0.5) is 5.69 Å². The summed E-state index contributed by atoms with van der Waals surface area (Å²) in [5.74, 6) is 0. The van der Waals surface area contributed by atoms with Gasteiger partial charge in [0.2, 0.25) is 10.0 Å². The molecule has 0 spiro atoms. The second-order valence-electron chi connectivity index (χ2n) is 7.27. The van der Waals surface area contributed by atoms with Crippen LogP contribution >= 0.6 is 11.6 Å². The number of sulfonamides is 1. The molecule has 1 fully saturated rings. The zero-order valence-electron chi connectivity index (χ0n) is 15.9. The van der Waals surface area contributed by atoms with E-state index in [-0.39, 0.29) is 16.1 Å². The molecular formula is C20H17ClN6O2S. The lowest BCUT2D eigenvalue weighted by atomic mass is 10.1. The molecule has 3 aromatic heterocycles. The standard InChI is InChI=1S/C20H17ClN6O2S/c1-27-11-14(9-24-27)19-10-22-16-5-2-12(6-17(16)25-19)13-7-18(20(21)23-8-13)26-30(28,29)15-3-4-15/h2,5-11,15,26H,3-4H2,1H3. The molecule has 1 aliphatic rings. The van der Waals surface area contributed by atoms with Crippen molar-refractivity contribution in [2.45, 2.75) is 18.1 Å². The molecule has 0 saturated heterocycles. The summed E-state index contributed by atoms with van der Waals surface area (Å²) in [5.41, 5.74) is 4.89. The molecule has 0 atom stereocenters. The van der Waals surface area contributed by atoms with E-state index in [1.807, 2.05) is 31.4 Å². The fraction of sp³-hybridized carbons (Fsp3) is 0.200. The Morgan fingerprint density at radius 2 is 1.87 bits per heavy atom. The first-order valence-electron chi connectivity index (χ1n) is 9.32. The summed E-state index contributed by atoms with van der Waals surface area (Å²) in [6, 6.07) is 7.35. The average molecular weight is 441 g/mol. The summed E-state index contributed by atoms with van der Waals surface area (Å²) in [6.07, 6.45) is 8.28. The average Bonchev–Trinajstić information content (AvgIpc) is 3.51. The van der Waals surface area contributed by atoms with Crippen molar-refractivity contribution in [2.75, 3.05) is 4.72 Å². The molecule has 1 aromatic carbocycles. The van der Waals surface area contributed by atoms with Crippen LogP contribution in [0.1, 0.15) is 12.8 Å². The van der Waals surface area contributed by atoms with Gasteiger partial charge in [-0.3, -0.25) is 14.4 Å². The molecule has 30 heavy (non-hydrogen) atoms. The highest BCUT2D eigenvalue weighted by atomic mass is 35.5. The minimum atomic E-state index is -3.44. The van der Waals surface area contributed by atoms with Crippen LogP contribution in [0.25, 0.3) is 33.4 Å². The number of pyridine rings is 1. The minimum absolute atomic E-state index is 0.113. The minimum Gasteiger partial charge on any atom is -0.280 e. The maximum atomic E-state index is 12.3. The molecule has 0 aliphatic heterocycles. The van der Waals surface area contributed by atoms with Crippen LogP contribution in [-0.2, 0) is 17.1 Å². The summed E-state index contributed by atoms with van der Waals surface area (Å²) in [7, 11) is -1.59. The highest BCUT2D eigenvalue weighted by Crippen LogP contribution is 2.33. The largest absolute Gasteiger partial charge is 0.280 e. The number of hydrogen-bond acceptors (Lipinski definition) is 6. The van der Waals surface area contributed by atoms with Gasteiger partial charge in [-0.1, -0.05) is 17.7 Å². The molecule has 10 heteroatoms. The number of hydrogen-bond donors (Lipinski definition) is 1. The van der Waals surface area contributed by atoms with E-state index in [2.05, 4.69) is 19.8 Å². The third-order valence-corrected chi connectivity index (χ3v) is 7.09. The molecule has 5 rings (SSSR count). The van der Waals surface area contributed by atoms with Gasteiger partial charge in [0, 0.05) is 30.6 Å². The zero-order chi connectivity index (χ0) is 20.9. The Kier molecular flexibility index (Phi) is 4.44. The smallest absolute Gasteiger partial charge is 0.235 e. The molecule has 1 saturated carbocycles. The van der Waals surface area contributed by atoms with E-state index in [0.717, 1.165) is 27.9 Å². The second kappa shape index (κ2) is 7.03. The first-order chi connectivity index (χ1) is 14.4. The summed E-state index contributed by atoms with van der Waals surface area (Å²) in [5, 5.41) is 3.94. The predicted octanol–water partition coefficient (Wildman–Crippen LogP) is 3.65. The first-order valence-corrected chi connectivity index (χ1v) is 11.2. The highest BCUT2D eigenvalue weighted by molar-refractivity contribution is 7.93. The van der Waals surface area contributed by atoms with E-state index >= 15 is 0 Å². The Labute approximate surface area is 178 Å². The number of fused-ring (bicyclic) bond motifs is 1. The van der Waals surface area contributed by atoms with E-state index in [4.69, 9.17) is 16.6 Å². The number of rotatable bonds is 5. The Balaban J connectivity index is 1.53. The predicted molar refractivity (Wildman–Crippen MR) is 116 cm³/mol. The van der Waals surface area contributed by atoms with E-state index in [0.29, 0.717) is 18.4 Å². The maximum absolute atomic E-state index is 12.3. The topological polar surface area (TPSA) is 103 Å². The van der Waals surface area contributed by atoms with Crippen molar-refractivity contribution in [3.05, 3.63) is 54.2 Å². The molecule has 8 nitrogen and oxygen atoms in total. The van der Waals surface area contributed by atoms with Gasteiger partial charge >= 0.3 is 0 Å². The number of aryl methyl sites for hydroxylation is 1. The maximum Gasteiger partial charge on any atom is 0.235 e. The molecule has 0 radical (unpaired) electrons. The van der Waals surface area contributed by atoms with E-state index in [1.165, 1.54) is 0 Å². The van der Waals surface area contributed by atoms with Gasteiger partial charge in [-0.05, 0) is 36.6 Å². The van der Waals surface area contributed by atoms with Crippen LogP contribution < -0.4 is 4.72 Å². The van der Waals surface area contributed by atoms with Gasteiger partial charge in [-0.15, -0.1) is 0 Å². The van der Waals surface area contributed by atoms with Gasteiger partial charge in [0.15, 0.2) is 5.15 Å². The van der Waals surface area contributed by atoms with Crippen molar-refractivity contribution >= 4 is 38.3 Å². The van der Waals surface area contributed by atoms with Crippen LogP contribution in [0.15, 0.2) is 49.1 Å². The molecule has 1 aliphatic carbocycles. The van der Waals surface area contributed by atoms with Gasteiger partial charge in [0.25, 0.3) is 0 Å². The lowest BCUT2D eigenvalue weighted by Gasteiger charge is -2.11. The van der Waals surface area contributed by atoms with E-state index < -0.39 is 10.0 Å². The molecule has 4 aromatic rings. The van der Waals surface area contributed by atoms with Gasteiger partial charge in [0.05, 0.1) is 40.1 Å². The molecule has 0 unspecified atom stereocenters. The monoisotopic (exact) mass is 440 g/mol. The second-order valence-corrected chi connectivity index (χ2v) is 9.59. The fourth-order valence-electron chi connectivity index (χ4n) is 3.18. The number of anilines is 1. The quantitative estimate of drug-likeness (QED) is 0.475. The summed E-state index contributed by atoms with van der Waals surface area (Å²) in [6.45, 7) is 0. The van der Waals surface area contributed by atoms with E-state index in [1.54, 1.807) is 29.3 Å². The first kappa shape index (κ1) is 19.0. The van der Waals surface area contributed by atoms with Crippen molar-refractivity contribution in [3.8, 4) is 22.4 Å². The van der Waals surface area contributed by atoms with Crippen molar-refractivity contribution in [3.63, 3.8) is 0 Å². The third-order valence-electron chi connectivity index (χ3n) is 4.93. The summed E-state index contributed by atoms with van der Waals surface area (Å²) >= 11 is 6.13. The number of aromatic nitrogens is 5. The molecule has 152 valence electrons. The normalized spacial score (nSPS) is 14.2. The lowest BCUT2D eigenvalue weighted by molar-refractivity contribution is 0.600. The van der Waals surface area contributed by atoms with Gasteiger partial charge in [0.1, 0.15) is 0 Å². The van der Waals surface area contributed by atoms with Gasteiger partial charge in [-0.2, -0.15) is 5.10 Å². The molecule has 0 amide bonds. The SMILES string of the molecule is Cn1cc(-c2cnc3ccc(-c4cnc(Cl)c(NS(=O)(=O)C5CC5)c4)cc3n2)cn1. The molecular weight excluding hydrogens is 424 g/mol. The fourth-order valence-corrected chi connectivity index (χ4v) is 4.77. The van der Waals surface area contributed by atoms with Crippen molar-refractivity contribution in [2.24, 2.45) is 7.05 Å². The molecule has 1 N–H and O–H groups in total. The Bertz CT molecular complexity index is 1380. The number of nitrogens with one attached hydrogen (secondary N) is 1. The lowest BCUT2D eigenvalue weighted by Crippen LogP contribution is -2.17. The van der Waals surface area contributed by atoms with Crippen LogP contribution in [-0.4, -0.2) is 38.4 Å². The summed E-state index contributed by atoms with van der Waals surface area (Å²) < 4.78 is 28.9. The highest BCUT2D eigenvalue weighted by Gasteiger charge is 2.36. The van der Waals surface area contributed by atoms with Crippen molar-refractivity contribution in [1.82, 2.24) is 24.7 Å². The van der Waals surface area contributed by atoms with Crippen LogP contribution in [0.2, 0.25) is 5.15 Å². The Morgan fingerprint density at radius 1 is 1.03 bits per heavy atom. The summed E-state index contributed by atoms with van der Waals surface area (Å²) in [4.78, 5) is 13.3. The Hall–Kier alpha value is -3.04. The van der Waals surface area contributed by atoms with E-state index in [9.17, 15) is 8.42 Å². The third kappa shape index (κ3) is 3.61. The van der Waals surface area contributed by atoms with Crippen molar-refractivity contribution in [1.29, 1.82) is 0 Å². The number of halogens is 1. The van der Waals surface area contributed by atoms with Gasteiger partial charge < -0.3 is 0 Å². The zero-order valence-corrected chi connectivity index (χ0v) is 17.5. The van der Waals surface area contributed by atoms with Gasteiger partial charge in [-0.25, -0.2) is 18.4 Å². The van der Waals surface area contributed by atoms with Crippen molar-refractivity contribution < 1.29 is 8.42 Å². The van der Waals surface area contributed by atoms with Crippen LogP contribution in [0.3, 0.4) is 0 Å². The molecule has 0 bridgehead atoms. The van der Waals surface area contributed by atoms with Crippen LogP contribution in [0.5, 0.6) is 0 Å².